The van der Waals surface area contributed by atoms with E-state index in [2.05, 4.69) is 42.7 Å². The van der Waals surface area contributed by atoms with Gasteiger partial charge in [-0.25, -0.2) is 4.98 Å². The highest BCUT2D eigenvalue weighted by atomic mass is 32.2. The molecule has 4 heteroatoms. The monoisotopic (exact) mass is 341 g/mol. The first-order valence-corrected chi connectivity index (χ1v) is 9.50. The molecule has 24 heavy (non-hydrogen) atoms. The lowest BCUT2D eigenvalue weighted by atomic mass is 10.00. The van der Waals surface area contributed by atoms with Crippen LogP contribution in [-0.2, 0) is 0 Å². The number of pyridine rings is 1. The predicted molar refractivity (Wildman–Crippen MR) is 99.8 cm³/mol. The number of aromatic nitrogens is 1. The maximum Gasteiger partial charge on any atom is 0.217 e. The number of benzene rings is 1. The SMILES string of the molecule is COc1nc(/C(=C/CCO)c2ccc(SC)cc2)ccc1C1CC1. The van der Waals surface area contributed by atoms with E-state index >= 15 is 0 Å². The fourth-order valence-electron chi connectivity index (χ4n) is 2.82. The zero-order chi connectivity index (χ0) is 16.9. The topological polar surface area (TPSA) is 42.4 Å². The van der Waals surface area contributed by atoms with Crippen molar-refractivity contribution in [2.45, 2.75) is 30.1 Å². The van der Waals surface area contributed by atoms with Crippen LogP contribution in [0.15, 0.2) is 47.4 Å². The molecule has 126 valence electrons. The number of thioether (sulfide) groups is 1. The molecule has 1 saturated carbocycles. The Morgan fingerprint density at radius 2 is 2.00 bits per heavy atom. The zero-order valence-electron chi connectivity index (χ0n) is 14.2. The van der Waals surface area contributed by atoms with Crippen molar-refractivity contribution < 1.29 is 9.84 Å². The standard InChI is InChI=1S/C20H23NO2S/c1-23-20-18(15-5-6-15)11-12-19(21-20)17(4-3-13-22)14-7-9-16(24-2)10-8-14/h4,7-12,15,22H,3,5-6,13H2,1-2H3/b17-4+. The van der Waals surface area contributed by atoms with Crippen molar-refractivity contribution in [1.29, 1.82) is 0 Å². The summed E-state index contributed by atoms with van der Waals surface area (Å²) < 4.78 is 5.52. The number of methoxy groups -OCH3 is 1. The summed E-state index contributed by atoms with van der Waals surface area (Å²) in [5, 5.41) is 9.22. The largest absolute Gasteiger partial charge is 0.481 e. The van der Waals surface area contributed by atoms with Crippen LogP contribution in [0.5, 0.6) is 5.88 Å². The van der Waals surface area contributed by atoms with Crippen LogP contribution in [0.1, 0.15) is 42.0 Å². The molecule has 1 fully saturated rings. The highest BCUT2D eigenvalue weighted by Gasteiger charge is 2.27. The van der Waals surface area contributed by atoms with E-state index in [1.54, 1.807) is 18.9 Å². The van der Waals surface area contributed by atoms with Gasteiger partial charge in [-0.05, 0) is 55.2 Å². The molecule has 1 aliphatic carbocycles. The molecule has 1 aromatic carbocycles. The van der Waals surface area contributed by atoms with Crippen molar-refractivity contribution in [1.82, 2.24) is 4.98 Å². The van der Waals surface area contributed by atoms with Crippen molar-refractivity contribution in [3.63, 3.8) is 0 Å². The molecule has 3 rings (SSSR count). The summed E-state index contributed by atoms with van der Waals surface area (Å²) in [5.41, 5.74) is 4.24. The third kappa shape index (κ3) is 3.82. The molecule has 0 aliphatic heterocycles. The van der Waals surface area contributed by atoms with E-state index in [0.717, 1.165) is 22.7 Å². The lowest BCUT2D eigenvalue weighted by Crippen LogP contribution is -1.99. The van der Waals surface area contributed by atoms with Crippen LogP contribution >= 0.6 is 11.8 Å². The molecule has 0 radical (unpaired) electrons. The number of aliphatic hydroxyl groups is 1. The molecular formula is C20H23NO2S. The van der Waals surface area contributed by atoms with Gasteiger partial charge in [-0.3, -0.25) is 0 Å². The summed E-state index contributed by atoms with van der Waals surface area (Å²) in [7, 11) is 1.68. The van der Waals surface area contributed by atoms with Gasteiger partial charge in [0.05, 0.1) is 12.8 Å². The van der Waals surface area contributed by atoms with Crippen molar-refractivity contribution >= 4 is 17.3 Å². The zero-order valence-corrected chi connectivity index (χ0v) is 15.0. The van der Waals surface area contributed by atoms with E-state index in [9.17, 15) is 5.11 Å². The first-order valence-electron chi connectivity index (χ1n) is 8.27. The van der Waals surface area contributed by atoms with Crippen LogP contribution in [0, 0.1) is 0 Å². The summed E-state index contributed by atoms with van der Waals surface area (Å²) in [6.45, 7) is 0.129. The quantitative estimate of drug-likeness (QED) is 0.753. The number of nitrogens with zero attached hydrogens (tertiary/aromatic N) is 1. The Labute approximate surface area is 147 Å². The van der Waals surface area contributed by atoms with Crippen LogP contribution in [-0.4, -0.2) is 30.1 Å². The molecule has 0 atom stereocenters. The summed E-state index contributed by atoms with van der Waals surface area (Å²) >= 11 is 1.73. The molecule has 3 nitrogen and oxygen atoms in total. The highest BCUT2D eigenvalue weighted by Crippen LogP contribution is 2.44. The number of ether oxygens (including phenoxy) is 1. The number of rotatable bonds is 7. The van der Waals surface area contributed by atoms with Gasteiger partial charge in [-0.2, -0.15) is 0 Å². The molecule has 1 aliphatic rings. The Morgan fingerprint density at radius 1 is 1.25 bits per heavy atom. The lowest BCUT2D eigenvalue weighted by Gasteiger charge is -2.12. The second-order valence-corrected chi connectivity index (χ2v) is 6.81. The third-order valence-electron chi connectivity index (χ3n) is 4.25. The smallest absolute Gasteiger partial charge is 0.217 e. The Hall–Kier alpha value is -1.78. The second-order valence-electron chi connectivity index (χ2n) is 5.93. The van der Waals surface area contributed by atoms with E-state index in [-0.39, 0.29) is 6.61 Å². The van der Waals surface area contributed by atoms with Gasteiger partial charge < -0.3 is 9.84 Å². The third-order valence-corrected chi connectivity index (χ3v) is 5.00. The van der Waals surface area contributed by atoms with Crippen molar-refractivity contribution in [2.75, 3.05) is 20.0 Å². The molecule has 1 heterocycles. The second kappa shape index (κ2) is 7.86. The fraction of sp³-hybridized carbons (Fsp3) is 0.350. The van der Waals surface area contributed by atoms with E-state index in [4.69, 9.17) is 9.72 Å². The van der Waals surface area contributed by atoms with Crippen LogP contribution in [0.3, 0.4) is 0 Å². The highest BCUT2D eigenvalue weighted by molar-refractivity contribution is 7.98. The van der Waals surface area contributed by atoms with Gasteiger partial charge in [-0.15, -0.1) is 11.8 Å². The normalized spacial score (nSPS) is 14.7. The average molecular weight is 341 g/mol. The molecule has 0 bridgehead atoms. The maximum absolute atomic E-state index is 9.22. The van der Waals surface area contributed by atoms with E-state index in [1.807, 2.05) is 6.08 Å². The molecule has 1 N–H and O–H groups in total. The van der Waals surface area contributed by atoms with Gasteiger partial charge in [-0.1, -0.05) is 24.3 Å². The van der Waals surface area contributed by atoms with E-state index in [0.29, 0.717) is 12.3 Å². The average Bonchev–Trinajstić information content (AvgIpc) is 3.47. The molecule has 0 amide bonds. The Bertz CT molecular complexity index is 721. The summed E-state index contributed by atoms with van der Waals surface area (Å²) in [4.78, 5) is 5.98. The van der Waals surface area contributed by atoms with Crippen LogP contribution in [0.25, 0.3) is 5.57 Å². The fourth-order valence-corrected chi connectivity index (χ4v) is 3.23. The summed E-state index contributed by atoms with van der Waals surface area (Å²) in [6.07, 6.45) is 7.17. The van der Waals surface area contributed by atoms with Crippen LogP contribution in [0.2, 0.25) is 0 Å². The van der Waals surface area contributed by atoms with Gasteiger partial charge in [0.1, 0.15) is 0 Å². The van der Waals surface area contributed by atoms with Gasteiger partial charge in [0.2, 0.25) is 5.88 Å². The Morgan fingerprint density at radius 3 is 2.58 bits per heavy atom. The first kappa shape index (κ1) is 17.1. The molecule has 2 aromatic rings. The Kier molecular flexibility index (Phi) is 5.59. The number of hydrogen-bond donors (Lipinski definition) is 1. The van der Waals surface area contributed by atoms with E-state index in [1.165, 1.54) is 23.3 Å². The summed E-state index contributed by atoms with van der Waals surface area (Å²) in [6, 6.07) is 12.7. The molecule has 0 saturated heterocycles. The molecule has 0 unspecified atom stereocenters. The number of aliphatic hydroxyl groups excluding tert-OH is 1. The van der Waals surface area contributed by atoms with Crippen molar-refractivity contribution in [3.8, 4) is 5.88 Å². The van der Waals surface area contributed by atoms with Crippen molar-refractivity contribution in [3.05, 3.63) is 59.3 Å². The minimum Gasteiger partial charge on any atom is -0.481 e. The predicted octanol–water partition coefficient (Wildman–Crippen LogP) is 4.50. The first-order chi connectivity index (χ1) is 11.8. The number of hydrogen-bond acceptors (Lipinski definition) is 4. The van der Waals surface area contributed by atoms with Crippen LogP contribution < -0.4 is 4.74 Å². The van der Waals surface area contributed by atoms with Gasteiger partial charge in [0.15, 0.2) is 0 Å². The molecule has 1 aromatic heterocycles. The van der Waals surface area contributed by atoms with E-state index < -0.39 is 0 Å². The minimum absolute atomic E-state index is 0.129. The maximum atomic E-state index is 9.22. The van der Waals surface area contributed by atoms with Crippen LogP contribution in [0.4, 0.5) is 0 Å². The van der Waals surface area contributed by atoms with Gasteiger partial charge in [0.25, 0.3) is 0 Å². The molecule has 0 spiro atoms. The Balaban J connectivity index is 1.98. The van der Waals surface area contributed by atoms with Gasteiger partial charge >= 0.3 is 0 Å². The van der Waals surface area contributed by atoms with Crippen molar-refractivity contribution in [2.24, 2.45) is 0 Å². The summed E-state index contributed by atoms with van der Waals surface area (Å²) in [5.74, 6) is 1.33. The lowest BCUT2D eigenvalue weighted by molar-refractivity contribution is 0.303. The minimum atomic E-state index is 0.129. The molecular weight excluding hydrogens is 318 g/mol. The van der Waals surface area contributed by atoms with Gasteiger partial charge in [0, 0.05) is 22.6 Å².